The molecule has 5 nitrogen and oxygen atoms in total. The van der Waals surface area contributed by atoms with Crippen LogP contribution in [0.2, 0.25) is 0 Å². The van der Waals surface area contributed by atoms with Gasteiger partial charge in [0.05, 0.1) is 17.6 Å². The third-order valence-corrected chi connectivity index (χ3v) is 6.64. The molecule has 0 aromatic heterocycles. The van der Waals surface area contributed by atoms with Crippen molar-refractivity contribution in [1.29, 1.82) is 0 Å². The van der Waals surface area contributed by atoms with Crippen LogP contribution in [0.5, 0.6) is 5.88 Å². The second-order valence-electron chi connectivity index (χ2n) is 8.82. The number of aromatic amines is 1. The summed E-state index contributed by atoms with van der Waals surface area (Å²) >= 11 is 0. The van der Waals surface area contributed by atoms with Gasteiger partial charge < -0.3 is 14.6 Å². The van der Waals surface area contributed by atoms with Crippen LogP contribution in [0.3, 0.4) is 0 Å². The summed E-state index contributed by atoms with van der Waals surface area (Å²) < 4.78 is 6.45. The second kappa shape index (κ2) is 8.24. The van der Waals surface area contributed by atoms with Crippen molar-refractivity contribution < 1.29 is 9.53 Å². The van der Waals surface area contributed by atoms with Crippen LogP contribution in [0, 0.1) is 0 Å². The van der Waals surface area contributed by atoms with Crippen LogP contribution in [0.25, 0.3) is 11.3 Å². The summed E-state index contributed by atoms with van der Waals surface area (Å²) in [7, 11) is 4.33. The maximum absolute atomic E-state index is 12.3. The fourth-order valence-electron chi connectivity index (χ4n) is 5.13. The molecule has 0 aromatic carbocycles. The Balaban J connectivity index is 1.55. The minimum atomic E-state index is 0.237. The number of carbonyl (C=O) groups is 1. The second-order valence-corrected chi connectivity index (χ2v) is 8.82. The van der Waals surface area contributed by atoms with Crippen LogP contribution in [-0.4, -0.2) is 46.9 Å². The zero-order valence-electron chi connectivity index (χ0n) is 17.5. The van der Waals surface area contributed by atoms with Gasteiger partial charge >= 0.3 is 0 Å². The molecule has 1 atom stereocenters. The molecule has 4 rings (SSSR count). The monoisotopic (exact) mass is 383 g/mol. The number of fused-ring (bicyclic) bond motifs is 3. The molecule has 0 amide bonds. The molecule has 5 heteroatoms. The molecule has 1 N–H and O–H groups in total. The Bertz CT molecular complexity index is 789. The Morgan fingerprint density at radius 1 is 1.25 bits per heavy atom. The van der Waals surface area contributed by atoms with Crippen molar-refractivity contribution in [2.24, 2.45) is 0 Å². The van der Waals surface area contributed by atoms with Gasteiger partial charge in [-0.1, -0.05) is 6.92 Å². The van der Waals surface area contributed by atoms with Crippen molar-refractivity contribution in [1.82, 2.24) is 14.9 Å². The first kappa shape index (κ1) is 19.4. The molecular formula is C23H33N3O2. The molecule has 0 bridgehead atoms. The Morgan fingerprint density at radius 2 is 2.04 bits per heavy atom. The van der Waals surface area contributed by atoms with Crippen molar-refractivity contribution in [2.75, 3.05) is 14.1 Å². The predicted molar refractivity (Wildman–Crippen MR) is 111 cm³/mol. The van der Waals surface area contributed by atoms with Gasteiger partial charge in [0.25, 0.3) is 0 Å². The van der Waals surface area contributed by atoms with E-state index in [0.29, 0.717) is 30.6 Å². The lowest BCUT2D eigenvalue weighted by atomic mass is 9.91. The molecule has 1 heterocycles. The van der Waals surface area contributed by atoms with Gasteiger partial charge in [-0.2, -0.15) is 0 Å². The quantitative estimate of drug-likeness (QED) is 0.762. The van der Waals surface area contributed by atoms with Crippen molar-refractivity contribution in [3.05, 3.63) is 23.5 Å². The first-order chi connectivity index (χ1) is 13.6. The van der Waals surface area contributed by atoms with E-state index in [1.807, 2.05) is 0 Å². The number of hydrogen-bond donors (Lipinski definition) is 1. The van der Waals surface area contributed by atoms with E-state index < -0.39 is 0 Å². The van der Waals surface area contributed by atoms with Crippen LogP contribution in [-0.2, 0) is 11.2 Å². The summed E-state index contributed by atoms with van der Waals surface area (Å²) in [5.74, 6) is 1.46. The number of aryl methyl sites for hydroxylation is 1. The molecule has 1 fully saturated rings. The zero-order chi connectivity index (χ0) is 19.7. The summed E-state index contributed by atoms with van der Waals surface area (Å²) in [6.45, 7) is 2.08. The Hall–Kier alpha value is -1.88. The Labute approximate surface area is 168 Å². The van der Waals surface area contributed by atoms with Crippen LogP contribution < -0.4 is 4.74 Å². The number of ketones is 1. The molecule has 28 heavy (non-hydrogen) atoms. The summed E-state index contributed by atoms with van der Waals surface area (Å²) in [6, 6.07) is 2.90. The highest BCUT2D eigenvalue weighted by atomic mass is 16.5. The molecule has 1 aliphatic heterocycles. The number of rotatable bonds is 7. The Morgan fingerprint density at radius 3 is 2.75 bits per heavy atom. The molecule has 0 radical (unpaired) electrons. The summed E-state index contributed by atoms with van der Waals surface area (Å²) in [4.78, 5) is 22.5. The van der Waals surface area contributed by atoms with Crippen molar-refractivity contribution in [2.45, 2.75) is 82.8 Å². The molecular weight excluding hydrogens is 350 g/mol. The van der Waals surface area contributed by atoms with Crippen LogP contribution in [0.15, 0.2) is 12.4 Å². The summed E-state index contributed by atoms with van der Waals surface area (Å²) in [6.07, 6.45) is 10.9. The molecule has 0 saturated heterocycles. The van der Waals surface area contributed by atoms with E-state index in [0.717, 1.165) is 49.2 Å². The summed E-state index contributed by atoms with van der Waals surface area (Å²) in [5.41, 5.74) is 4.92. The van der Waals surface area contributed by atoms with Crippen molar-refractivity contribution in [3.63, 3.8) is 0 Å². The molecule has 152 valence electrons. The third-order valence-electron chi connectivity index (χ3n) is 6.64. The maximum atomic E-state index is 12.3. The lowest BCUT2D eigenvalue weighted by Crippen LogP contribution is -2.35. The zero-order valence-corrected chi connectivity index (χ0v) is 17.5. The van der Waals surface area contributed by atoms with E-state index in [1.54, 1.807) is 6.33 Å². The number of carbonyl (C=O) groups excluding carboxylic acids is 1. The highest BCUT2D eigenvalue weighted by molar-refractivity contribution is 5.82. The first-order valence-corrected chi connectivity index (χ1v) is 10.9. The molecule has 3 aliphatic carbocycles. The van der Waals surface area contributed by atoms with Crippen molar-refractivity contribution in [3.8, 4) is 17.1 Å². The van der Waals surface area contributed by atoms with E-state index in [-0.39, 0.29) is 6.10 Å². The lowest BCUT2D eigenvalue weighted by molar-refractivity contribution is -0.119. The number of Topliss-reactive ketones (excluding diaryl/α,β-unsaturated/α-hetero) is 1. The van der Waals surface area contributed by atoms with Gasteiger partial charge in [-0.25, -0.2) is 4.98 Å². The SMILES string of the molecule is CCCC(=O)C[C@@H]1CCc2cc3[nH]cnc(OC4CCC(N(C)C)CC4)c-3c21. The lowest BCUT2D eigenvalue weighted by Gasteiger charge is -2.32. The van der Waals surface area contributed by atoms with Gasteiger partial charge in [0, 0.05) is 18.9 Å². The number of hydrogen-bond acceptors (Lipinski definition) is 4. The van der Waals surface area contributed by atoms with Gasteiger partial charge in [0.1, 0.15) is 11.9 Å². The van der Waals surface area contributed by atoms with E-state index in [9.17, 15) is 4.79 Å². The predicted octanol–water partition coefficient (Wildman–Crippen LogP) is 4.56. The molecule has 0 spiro atoms. The minimum absolute atomic E-state index is 0.237. The minimum Gasteiger partial charge on any atom is -0.474 e. The summed E-state index contributed by atoms with van der Waals surface area (Å²) in [5, 5.41) is 0. The number of nitrogens with zero attached hydrogens (tertiary/aromatic N) is 2. The van der Waals surface area contributed by atoms with Crippen LogP contribution in [0.1, 0.15) is 75.3 Å². The number of nitrogens with one attached hydrogen (secondary N) is 1. The molecule has 4 aliphatic rings. The van der Waals surface area contributed by atoms with E-state index in [4.69, 9.17) is 4.74 Å². The Kier molecular flexibility index (Phi) is 5.72. The number of ether oxygens (including phenoxy) is 1. The molecule has 0 aromatic rings. The van der Waals surface area contributed by atoms with Gasteiger partial charge in [-0.05, 0) is 82.2 Å². The van der Waals surface area contributed by atoms with E-state index in [1.165, 1.54) is 24.0 Å². The standard InChI is InChI=1S/C23H33N3O2/c1-4-5-18(27)12-15-6-7-16-13-20-22(21(15)16)23(25-14-24-20)28-19-10-8-17(9-11-19)26(2)3/h13-15,17,19H,4-12H2,1-3H3,(H,24,25)/t15-,17?,19?/m0/s1. The largest absolute Gasteiger partial charge is 0.474 e. The topological polar surface area (TPSA) is 58.2 Å². The van der Waals surface area contributed by atoms with E-state index >= 15 is 0 Å². The average Bonchev–Trinajstić information content (AvgIpc) is 3.22. The highest BCUT2D eigenvalue weighted by Crippen LogP contribution is 2.48. The van der Waals surface area contributed by atoms with E-state index in [2.05, 4.69) is 42.0 Å². The van der Waals surface area contributed by atoms with Crippen molar-refractivity contribution >= 4 is 5.78 Å². The first-order valence-electron chi connectivity index (χ1n) is 10.9. The third kappa shape index (κ3) is 3.82. The number of aromatic nitrogens is 2. The fraction of sp³-hybridized carbons (Fsp3) is 0.652. The normalized spacial score (nSPS) is 24.6. The maximum Gasteiger partial charge on any atom is 0.224 e. The van der Waals surface area contributed by atoms with Crippen LogP contribution in [0.4, 0.5) is 0 Å². The van der Waals surface area contributed by atoms with Gasteiger partial charge in [0.2, 0.25) is 5.88 Å². The smallest absolute Gasteiger partial charge is 0.224 e. The van der Waals surface area contributed by atoms with Gasteiger partial charge in [-0.3, -0.25) is 4.79 Å². The average molecular weight is 384 g/mol. The van der Waals surface area contributed by atoms with Crippen LogP contribution >= 0.6 is 0 Å². The fourth-order valence-corrected chi connectivity index (χ4v) is 5.13. The van der Waals surface area contributed by atoms with Gasteiger partial charge in [0.15, 0.2) is 0 Å². The molecule has 1 saturated carbocycles. The highest BCUT2D eigenvalue weighted by Gasteiger charge is 2.34. The molecule has 0 unspecified atom stereocenters. The van der Waals surface area contributed by atoms with Gasteiger partial charge in [-0.15, -0.1) is 0 Å². The number of H-pyrrole nitrogens is 1.